The average molecular weight is 314 g/mol. The fourth-order valence-corrected chi connectivity index (χ4v) is 1.90. The Morgan fingerprint density at radius 2 is 1.94 bits per heavy atom. The number of ether oxygens (including phenoxy) is 1. The van der Waals surface area contributed by atoms with Crippen molar-refractivity contribution in [3.8, 4) is 5.88 Å². The van der Waals surface area contributed by atoms with E-state index in [0.29, 0.717) is 18.3 Å². The lowest BCUT2D eigenvalue weighted by atomic mass is 10.2. The van der Waals surface area contributed by atoms with Gasteiger partial charge in [0, 0.05) is 11.1 Å². The summed E-state index contributed by atoms with van der Waals surface area (Å²) in [7, 11) is 0. The summed E-state index contributed by atoms with van der Waals surface area (Å²) < 4.78 is 6.29. The van der Waals surface area contributed by atoms with Crippen molar-refractivity contribution < 1.29 is 4.74 Å². The number of aromatic nitrogens is 2. The Morgan fingerprint density at radius 3 is 2.59 bits per heavy atom. The maximum Gasteiger partial charge on any atom is 0.218 e. The minimum Gasteiger partial charge on any atom is -0.473 e. The van der Waals surface area contributed by atoms with Crippen LogP contribution in [0.25, 0.3) is 0 Å². The first-order valence-electron chi connectivity index (χ1n) is 5.02. The molecule has 1 heterocycles. The van der Waals surface area contributed by atoms with E-state index in [1.807, 2.05) is 31.2 Å². The van der Waals surface area contributed by atoms with Crippen molar-refractivity contribution in [2.75, 3.05) is 0 Å². The van der Waals surface area contributed by atoms with Crippen LogP contribution in [0.1, 0.15) is 11.4 Å². The normalized spacial score (nSPS) is 10.3. The number of rotatable bonds is 3. The SMILES string of the molecule is Cc1nc(Br)cc(OCc2ccc(Cl)cc2)n1. The van der Waals surface area contributed by atoms with Crippen LogP contribution in [0.15, 0.2) is 34.9 Å². The number of halogens is 2. The van der Waals surface area contributed by atoms with Gasteiger partial charge in [0.05, 0.1) is 0 Å². The van der Waals surface area contributed by atoms with Gasteiger partial charge in [0.15, 0.2) is 0 Å². The summed E-state index contributed by atoms with van der Waals surface area (Å²) in [6.07, 6.45) is 0. The fraction of sp³-hybridized carbons (Fsp3) is 0.167. The van der Waals surface area contributed by atoms with Gasteiger partial charge in [-0.3, -0.25) is 0 Å². The van der Waals surface area contributed by atoms with E-state index in [0.717, 1.165) is 15.2 Å². The van der Waals surface area contributed by atoms with Crippen LogP contribution in [0.3, 0.4) is 0 Å². The highest BCUT2D eigenvalue weighted by Crippen LogP contribution is 2.16. The minimum absolute atomic E-state index is 0.458. The monoisotopic (exact) mass is 312 g/mol. The van der Waals surface area contributed by atoms with Crippen LogP contribution >= 0.6 is 27.5 Å². The van der Waals surface area contributed by atoms with Crippen LogP contribution in [0.2, 0.25) is 5.02 Å². The maximum atomic E-state index is 5.80. The van der Waals surface area contributed by atoms with Gasteiger partial charge >= 0.3 is 0 Å². The van der Waals surface area contributed by atoms with Crippen LogP contribution in [-0.4, -0.2) is 9.97 Å². The second-order valence-corrected chi connectivity index (χ2v) is 4.74. The lowest BCUT2D eigenvalue weighted by molar-refractivity contribution is 0.292. The summed E-state index contributed by atoms with van der Waals surface area (Å²) in [5.74, 6) is 1.23. The summed E-state index contributed by atoms with van der Waals surface area (Å²) in [5, 5.41) is 0.717. The van der Waals surface area contributed by atoms with Gasteiger partial charge < -0.3 is 4.74 Å². The molecule has 5 heteroatoms. The van der Waals surface area contributed by atoms with E-state index in [4.69, 9.17) is 16.3 Å². The smallest absolute Gasteiger partial charge is 0.218 e. The van der Waals surface area contributed by atoms with Gasteiger partial charge in [-0.2, -0.15) is 4.98 Å². The summed E-state index contributed by atoms with van der Waals surface area (Å²) in [6, 6.07) is 9.25. The minimum atomic E-state index is 0.458. The Bertz CT molecular complexity index is 496. The summed E-state index contributed by atoms with van der Waals surface area (Å²) in [4.78, 5) is 8.29. The summed E-state index contributed by atoms with van der Waals surface area (Å²) in [5.41, 5.74) is 1.04. The molecule has 0 fully saturated rings. The standard InChI is InChI=1S/C12H10BrClN2O/c1-8-15-11(13)6-12(16-8)17-7-9-2-4-10(14)5-3-9/h2-6H,7H2,1H3. The number of benzene rings is 1. The number of hydrogen-bond donors (Lipinski definition) is 0. The van der Waals surface area contributed by atoms with Gasteiger partial charge in [0.25, 0.3) is 0 Å². The molecule has 0 saturated carbocycles. The molecular weight excluding hydrogens is 304 g/mol. The number of aryl methyl sites for hydroxylation is 1. The van der Waals surface area contributed by atoms with Crippen molar-refractivity contribution in [1.29, 1.82) is 0 Å². The quantitative estimate of drug-likeness (QED) is 0.809. The third-order valence-corrected chi connectivity index (χ3v) is 2.74. The zero-order chi connectivity index (χ0) is 12.3. The third kappa shape index (κ3) is 3.68. The molecule has 3 nitrogen and oxygen atoms in total. The molecule has 0 radical (unpaired) electrons. The second-order valence-electron chi connectivity index (χ2n) is 3.49. The van der Waals surface area contributed by atoms with Crippen molar-refractivity contribution in [2.45, 2.75) is 13.5 Å². The van der Waals surface area contributed by atoms with E-state index in [9.17, 15) is 0 Å². The molecule has 0 aliphatic carbocycles. The highest BCUT2D eigenvalue weighted by Gasteiger charge is 2.01. The Kier molecular flexibility index (Phi) is 3.97. The first-order valence-corrected chi connectivity index (χ1v) is 6.19. The molecule has 0 saturated heterocycles. The lowest BCUT2D eigenvalue weighted by Gasteiger charge is -2.06. The van der Waals surface area contributed by atoms with Crippen LogP contribution in [0.5, 0.6) is 5.88 Å². The van der Waals surface area contributed by atoms with Crippen molar-refractivity contribution >= 4 is 27.5 Å². The summed E-state index contributed by atoms with van der Waals surface area (Å²) in [6.45, 7) is 2.28. The van der Waals surface area contributed by atoms with Crippen molar-refractivity contribution in [2.24, 2.45) is 0 Å². The predicted molar refractivity (Wildman–Crippen MR) is 70.3 cm³/mol. The first-order chi connectivity index (χ1) is 8.13. The summed E-state index contributed by atoms with van der Waals surface area (Å²) >= 11 is 9.10. The van der Waals surface area contributed by atoms with Gasteiger partial charge in [-0.05, 0) is 40.5 Å². The molecular formula is C12H10BrClN2O. The van der Waals surface area contributed by atoms with Crippen molar-refractivity contribution in [3.05, 3.63) is 51.3 Å². The van der Waals surface area contributed by atoms with E-state index >= 15 is 0 Å². The molecule has 0 aliphatic rings. The van der Waals surface area contributed by atoms with Crippen molar-refractivity contribution in [3.63, 3.8) is 0 Å². The van der Waals surface area contributed by atoms with Crippen molar-refractivity contribution in [1.82, 2.24) is 9.97 Å². The molecule has 0 amide bonds. The molecule has 0 bridgehead atoms. The van der Waals surface area contributed by atoms with Crippen LogP contribution < -0.4 is 4.74 Å². The maximum absolute atomic E-state index is 5.80. The topological polar surface area (TPSA) is 35.0 Å². The third-order valence-electron chi connectivity index (χ3n) is 2.08. The molecule has 88 valence electrons. The van der Waals surface area contributed by atoms with Gasteiger partial charge in [0.1, 0.15) is 17.0 Å². The molecule has 0 atom stereocenters. The Morgan fingerprint density at radius 1 is 1.24 bits per heavy atom. The zero-order valence-electron chi connectivity index (χ0n) is 9.15. The van der Waals surface area contributed by atoms with Crippen LogP contribution in [0, 0.1) is 6.92 Å². The van der Waals surface area contributed by atoms with Gasteiger partial charge in [-0.25, -0.2) is 4.98 Å². The average Bonchev–Trinajstić information content (AvgIpc) is 2.27. The van der Waals surface area contributed by atoms with E-state index < -0.39 is 0 Å². The van der Waals surface area contributed by atoms with Gasteiger partial charge in [-0.1, -0.05) is 23.7 Å². The van der Waals surface area contributed by atoms with E-state index in [2.05, 4.69) is 25.9 Å². The highest BCUT2D eigenvalue weighted by molar-refractivity contribution is 9.10. The number of hydrogen-bond acceptors (Lipinski definition) is 3. The first kappa shape index (κ1) is 12.3. The molecule has 1 aromatic carbocycles. The number of nitrogens with zero attached hydrogens (tertiary/aromatic N) is 2. The Balaban J connectivity index is 2.04. The highest BCUT2D eigenvalue weighted by atomic mass is 79.9. The molecule has 2 rings (SSSR count). The molecule has 2 aromatic rings. The largest absolute Gasteiger partial charge is 0.473 e. The fourth-order valence-electron chi connectivity index (χ4n) is 1.32. The zero-order valence-corrected chi connectivity index (χ0v) is 11.5. The molecule has 0 spiro atoms. The molecule has 17 heavy (non-hydrogen) atoms. The van der Waals surface area contributed by atoms with E-state index in [-0.39, 0.29) is 0 Å². The van der Waals surface area contributed by atoms with Crippen LogP contribution in [-0.2, 0) is 6.61 Å². The second kappa shape index (κ2) is 5.47. The molecule has 1 aromatic heterocycles. The van der Waals surface area contributed by atoms with Crippen LogP contribution in [0.4, 0.5) is 0 Å². The Hall–Kier alpha value is -1.13. The molecule has 0 unspecified atom stereocenters. The lowest BCUT2D eigenvalue weighted by Crippen LogP contribution is -1.99. The van der Waals surface area contributed by atoms with E-state index in [1.165, 1.54) is 0 Å². The van der Waals surface area contributed by atoms with E-state index in [1.54, 1.807) is 6.07 Å². The Labute approximate surface area is 113 Å². The molecule has 0 aliphatic heterocycles. The predicted octanol–water partition coefficient (Wildman–Crippen LogP) is 3.78. The van der Waals surface area contributed by atoms with Gasteiger partial charge in [0.2, 0.25) is 5.88 Å². The molecule has 0 N–H and O–H groups in total. The van der Waals surface area contributed by atoms with Gasteiger partial charge in [-0.15, -0.1) is 0 Å².